The van der Waals surface area contributed by atoms with Crippen LogP contribution in [0, 0.1) is 17.0 Å². The largest absolute Gasteiger partial charge is 0.619 e. The van der Waals surface area contributed by atoms with Crippen molar-refractivity contribution in [2.45, 2.75) is 58.2 Å². The van der Waals surface area contributed by atoms with E-state index in [2.05, 4.69) is 31.7 Å². The molecule has 3 aromatic rings. The van der Waals surface area contributed by atoms with E-state index in [0.29, 0.717) is 24.6 Å². The number of pyridine rings is 1. The summed E-state index contributed by atoms with van der Waals surface area (Å²) in [4.78, 5) is 17.0. The van der Waals surface area contributed by atoms with E-state index < -0.39 is 6.04 Å². The minimum atomic E-state index is -0.609. The lowest BCUT2D eigenvalue weighted by Crippen LogP contribution is -2.40. The number of halogens is 1. The molecular formula is C24H32BrN7O3. The van der Waals surface area contributed by atoms with Crippen LogP contribution in [0.25, 0.3) is 5.65 Å². The fraction of sp³-hybridized carbons (Fsp3) is 0.500. The van der Waals surface area contributed by atoms with E-state index in [1.165, 1.54) is 12.4 Å². The first kappa shape index (κ1) is 25.2. The number of nitrogens with one attached hydrogen (secondary N) is 2. The molecule has 35 heavy (non-hydrogen) atoms. The molecule has 10 nitrogen and oxygen atoms in total. The van der Waals surface area contributed by atoms with Crippen molar-refractivity contribution in [1.29, 1.82) is 0 Å². The smallest absolute Gasteiger partial charge is 0.323 e. The van der Waals surface area contributed by atoms with Crippen LogP contribution in [0.15, 0.2) is 41.3 Å². The number of carbonyl (C=O) groups excluding carboxylic acids is 1. The summed E-state index contributed by atoms with van der Waals surface area (Å²) in [5.41, 5.74) is 7.47. The maximum Gasteiger partial charge on any atom is 0.323 e. The normalized spacial score (nSPS) is 19.0. The van der Waals surface area contributed by atoms with Gasteiger partial charge in [0.15, 0.2) is 18.0 Å². The second-order valence-electron chi connectivity index (χ2n) is 9.38. The number of hydrogen-bond donors (Lipinski definition) is 3. The molecule has 3 atom stereocenters. The van der Waals surface area contributed by atoms with Crippen LogP contribution in [0.1, 0.15) is 45.1 Å². The van der Waals surface area contributed by atoms with E-state index in [-0.39, 0.29) is 23.8 Å². The SMILES string of the molecule is CC(C)[C@H](N)C(=O)OC[C@@H]1CCCC[C@@H]1Nc1cc(NCc2ccc[n+]([O-])c2)n2ncc(Br)c2n1. The Bertz CT molecular complexity index is 1170. The maximum absolute atomic E-state index is 12.3. The number of ether oxygens (including phenoxy) is 1. The molecule has 0 spiro atoms. The summed E-state index contributed by atoms with van der Waals surface area (Å²) in [5, 5.41) is 22.9. The van der Waals surface area contributed by atoms with E-state index in [1.54, 1.807) is 16.8 Å². The average molecular weight is 546 g/mol. The highest BCUT2D eigenvalue weighted by molar-refractivity contribution is 9.10. The first-order valence-electron chi connectivity index (χ1n) is 12.0. The van der Waals surface area contributed by atoms with E-state index >= 15 is 0 Å². The lowest BCUT2D eigenvalue weighted by atomic mass is 9.85. The molecule has 3 aromatic heterocycles. The van der Waals surface area contributed by atoms with Crippen molar-refractivity contribution >= 4 is 39.2 Å². The summed E-state index contributed by atoms with van der Waals surface area (Å²) in [5.74, 6) is 1.31. The lowest BCUT2D eigenvalue weighted by molar-refractivity contribution is -0.605. The average Bonchev–Trinajstić information content (AvgIpc) is 3.22. The number of nitrogens with zero attached hydrogens (tertiary/aromatic N) is 4. The zero-order valence-electron chi connectivity index (χ0n) is 20.0. The predicted octanol–water partition coefficient (Wildman–Crippen LogP) is 3.23. The number of carbonyl (C=O) groups is 1. The molecule has 0 bridgehead atoms. The van der Waals surface area contributed by atoms with Crippen LogP contribution >= 0.6 is 15.9 Å². The minimum Gasteiger partial charge on any atom is -0.619 e. The van der Waals surface area contributed by atoms with Crippen LogP contribution in [-0.2, 0) is 16.1 Å². The first-order valence-corrected chi connectivity index (χ1v) is 12.8. The van der Waals surface area contributed by atoms with Crippen LogP contribution in [0.3, 0.4) is 0 Å². The molecular weight excluding hydrogens is 514 g/mol. The van der Waals surface area contributed by atoms with Gasteiger partial charge in [-0.25, -0.2) is 4.98 Å². The summed E-state index contributed by atoms with van der Waals surface area (Å²) >= 11 is 3.53. The quantitative estimate of drug-likeness (QED) is 0.212. The Hall–Kier alpha value is -2.92. The molecule has 0 amide bonds. The molecule has 0 radical (unpaired) electrons. The standard InChI is InChI=1S/C24H32BrN7O3/c1-15(2)22(26)24(33)35-14-17-7-3-4-8-19(17)29-20-10-21(32-23(30-20)18(25)12-28-32)27-11-16-6-5-9-31(34)13-16/h5-6,9-10,12-13,15,17,19,22,27H,3-4,7-8,11,14,26H2,1-2H3,(H,29,30)/t17-,19-,22-/m0/s1. The van der Waals surface area contributed by atoms with Crippen molar-refractivity contribution in [3.8, 4) is 0 Å². The summed E-state index contributed by atoms with van der Waals surface area (Å²) < 4.78 is 8.86. The van der Waals surface area contributed by atoms with E-state index in [1.807, 2.05) is 26.0 Å². The third-order valence-corrected chi connectivity index (χ3v) is 6.97. The van der Waals surface area contributed by atoms with Gasteiger partial charge in [0.05, 0.1) is 17.3 Å². The summed E-state index contributed by atoms with van der Waals surface area (Å²) in [7, 11) is 0. The molecule has 0 aliphatic heterocycles. The molecule has 4 rings (SSSR count). The number of aromatic nitrogens is 4. The van der Waals surface area contributed by atoms with Gasteiger partial charge in [0.1, 0.15) is 17.7 Å². The molecule has 0 aromatic carbocycles. The fourth-order valence-corrected chi connectivity index (χ4v) is 4.63. The number of anilines is 2. The number of fused-ring (bicyclic) bond motifs is 1. The zero-order valence-corrected chi connectivity index (χ0v) is 21.6. The molecule has 3 heterocycles. The second kappa shape index (κ2) is 11.2. The van der Waals surface area contributed by atoms with Crippen LogP contribution in [0.4, 0.5) is 11.6 Å². The third-order valence-electron chi connectivity index (χ3n) is 6.41. The van der Waals surface area contributed by atoms with Gasteiger partial charge in [-0.05, 0) is 40.8 Å². The Morgan fingerprint density at radius 3 is 2.97 bits per heavy atom. The summed E-state index contributed by atoms with van der Waals surface area (Å²) in [6.45, 7) is 4.62. The van der Waals surface area contributed by atoms with Crippen molar-refractivity contribution in [1.82, 2.24) is 14.6 Å². The number of hydrogen-bond acceptors (Lipinski definition) is 8. The summed E-state index contributed by atoms with van der Waals surface area (Å²) in [6, 6.07) is 5.02. The molecule has 0 saturated heterocycles. The Kier molecular flexibility index (Phi) is 8.07. The van der Waals surface area contributed by atoms with Gasteiger partial charge in [0, 0.05) is 36.2 Å². The predicted molar refractivity (Wildman–Crippen MR) is 137 cm³/mol. The number of esters is 1. The molecule has 11 heteroatoms. The maximum atomic E-state index is 12.3. The highest BCUT2D eigenvalue weighted by Gasteiger charge is 2.28. The van der Waals surface area contributed by atoms with Gasteiger partial charge in [-0.15, -0.1) is 0 Å². The first-order chi connectivity index (χ1) is 16.8. The minimum absolute atomic E-state index is 0.0356. The third kappa shape index (κ3) is 6.21. The van der Waals surface area contributed by atoms with E-state index in [0.717, 1.165) is 46.3 Å². The highest BCUT2D eigenvalue weighted by atomic mass is 79.9. The lowest BCUT2D eigenvalue weighted by Gasteiger charge is -2.32. The van der Waals surface area contributed by atoms with Crippen molar-refractivity contribution in [2.75, 3.05) is 17.2 Å². The van der Waals surface area contributed by atoms with Gasteiger partial charge in [-0.2, -0.15) is 14.3 Å². The van der Waals surface area contributed by atoms with Gasteiger partial charge in [-0.1, -0.05) is 26.7 Å². The van der Waals surface area contributed by atoms with Crippen molar-refractivity contribution in [2.24, 2.45) is 17.6 Å². The van der Waals surface area contributed by atoms with E-state index in [4.69, 9.17) is 15.5 Å². The van der Waals surface area contributed by atoms with Gasteiger partial charge in [-0.3, -0.25) is 4.79 Å². The van der Waals surface area contributed by atoms with Crippen molar-refractivity contribution in [3.63, 3.8) is 0 Å². The topological polar surface area (TPSA) is 134 Å². The van der Waals surface area contributed by atoms with Crippen molar-refractivity contribution in [3.05, 3.63) is 52.0 Å². The fourth-order valence-electron chi connectivity index (χ4n) is 4.28. The number of nitrogens with two attached hydrogens (primary N) is 1. The Labute approximate surface area is 213 Å². The molecule has 0 unspecified atom stereocenters. The Balaban J connectivity index is 1.50. The summed E-state index contributed by atoms with van der Waals surface area (Å²) in [6.07, 6.45) is 8.81. The molecule has 188 valence electrons. The van der Waals surface area contributed by atoms with Crippen molar-refractivity contribution < 1.29 is 14.3 Å². The van der Waals surface area contributed by atoms with Crippen LogP contribution in [0.2, 0.25) is 0 Å². The van der Waals surface area contributed by atoms with Crippen LogP contribution in [0.5, 0.6) is 0 Å². The molecule has 1 aliphatic rings. The number of rotatable bonds is 9. The van der Waals surface area contributed by atoms with Gasteiger partial charge in [0.25, 0.3) is 0 Å². The molecule has 4 N–H and O–H groups in total. The Morgan fingerprint density at radius 2 is 2.20 bits per heavy atom. The molecule has 1 fully saturated rings. The molecule has 1 saturated carbocycles. The van der Waals surface area contributed by atoms with Crippen LogP contribution < -0.4 is 21.1 Å². The monoisotopic (exact) mass is 545 g/mol. The Morgan fingerprint density at radius 1 is 1.40 bits per heavy atom. The second-order valence-corrected chi connectivity index (χ2v) is 10.2. The highest BCUT2D eigenvalue weighted by Crippen LogP contribution is 2.29. The van der Waals surface area contributed by atoms with Gasteiger partial charge in [0.2, 0.25) is 0 Å². The van der Waals surface area contributed by atoms with Crippen LogP contribution in [-0.4, -0.2) is 39.3 Å². The van der Waals surface area contributed by atoms with E-state index in [9.17, 15) is 10.0 Å². The zero-order chi connectivity index (χ0) is 24.9. The van der Waals surface area contributed by atoms with Gasteiger partial charge >= 0.3 is 5.97 Å². The molecule has 1 aliphatic carbocycles. The van der Waals surface area contributed by atoms with Gasteiger partial charge < -0.3 is 26.3 Å².